The van der Waals surface area contributed by atoms with E-state index in [9.17, 15) is 9.90 Å². The lowest BCUT2D eigenvalue weighted by Gasteiger charge is -2.11. The molecule has 4 heteroatoms. The Labute approximate surface area is 134 Å². The van der Waals surface area contributed by atoms with E-state index < -0.39 is 6.04 Å². The number of hydrogen-bond acceptors (Lipinski definition) is 3. The molecule has 1 aliphatic heterocycles. The van der Waals surface area contributed by atoms with Crippen LogP contribution in [0.1, 0.15) is 22.3 Å². The maximum absolute atomic E-state index is 12.2. The van der Waals surface area contributed by atoms with Crippen LogP contribution in [0.15, 0.2) is 47.5 Å². The molecule has 2 aromatic carbocycles. The van der Waals surface area contributed by atoms with Gasteiger partial charge >= 0.3 is 0 Å². The van der Waals surface area contributed by atoms with Crippen LogP contribution in [0.2, 0.25) is 5.02 Å². The number of aliphatic imine (C=N–C) groups is 1. The third-order valence-electron chi connectivity index (χ3n) is 3.83. The summed E-state index contributed by atoms with van der Waals surface area (Å²) in [5.74, 6) is -0.0587. The van der Waals surface area contributed by atoms with Gasteiger partial charge in [-0.3, -0.25) is 9.79 Å². The fraction of sp³-hybridized carbons (Fsp3) is 0.222. The second-order valence-corrected chi connectivity index (χ2v) is 5.92. The van der Waals surface area contributed by atoms with Crippen molar-refractivity contribution in [3.8, 4) is 0 Å². The lowest BCUT2D eigenvalue weighted by atomic mass is 9.94. The second kappa shape index (κ2) is 6.03. The average molecular weight is 314 g/mol. The number of halogens is 1. The number of fused-ring (bicyclic) bond motifs is 1. The molecule has 22 heavy (non-hydrogen) atoms. The first kappa shape index (κ1) is 14.9. The van der Waals surface area contributed by atoms with Crippen molar-refractivity contribution in [3.05, 3.63) is 69.7 Å². The Hall–Kier alpha value is -1.97. The number of hydrogen-bond donors (Lipinski definition) is 1. The van der Waals surface area contributed by atoms with Crippen molar-refractivity contribution in [2.75, 3.05) is 6.61 Å². The molecule has 1 N–H and O–H groups in total. The summed E-state index contributed by atoms with van der Waals surface area (Å²) in [7, 11) is 0. The summed E-state index contributed by atoms with van der Waals surface area (Å²) in [4.78, 5) is 16.8. The van der Waals surface area contributed by atoms with Gasteiger partial charge in [-0.05, 0) is 30.7 Å². The molecular formula is C18H16ClNO2. The number of aliphatic hydroxyl groups excluding tert-OH is 1. The number of aliphatic hydroxyl groups is 1. The topological polar surface area (TPSA) is 49.7 Å². The first-order chi connectivity index (χ1) is 10.6. The Morgan fingerprint density at radius 3 is 2.64 bits per heavy atom. The Morgan fingerprint density at radius 1 is 1.23 bits per heavy atom. The van der Waals surface area contributed by atoms with Gasteiger partial charge in [-0.25, -0.2) is 0 Å². The molecule has 3 rings (SSSR count). The molecule has 112 valence electrons. The van der Waals surface area contributed by atoms with E-state index in [-0.39, 0.29) is 12.4 Å². The Kier molecular flexibility index (Phi) is 4.10. The van der Waals surface area contributed by atoms with Gasteiger partial charge in [-0.15, -0.1) is 0 Å². The molecular weight excluding hydrogens is 298 g/mol. The Balaban J connectivity index is 2.21. The summed E-state index contributed by atoms with van der Waals surface area (Å²) in [6.45, 7) is 1.74. The molecule has 1 heterocycles. The number of nitrogens with zero attached hydrogens (tertiary/aromatic N) is 1. The van der Waals surface area contributed by atoms with E-state index in [4.69, 9.17) is 11.6 Å². The molecule has 1 aliphatic rings. The van der Waals surface area contributed by atoms with Crippen LogP contribution in [-0.2, 0) is 11.2 Å². The predicted octanol–water partition coefficient (Wildman–Crippen LogP) is 2.97. The highest BCUT2D eigenvalue weighted by Crippen LogP contribution is 2.23. The minimum atomic E-state index is -0.710. The van der Waals surface area contributed by atoms with Gasteiger partial charge in [-0.1, -0.05) is 41.4 Å². The normalized spacial score (nSPS) is 17.7. The fourth-order valence-corrected chi connectivity index (χ4v) is 2.77. The molecule has 0 aromatic heterocycles. The maximum Gasteiger partial charge on any atom is 0.164 e. The van der Waals surface area contributed by atoms with E-state index in [1.54, 1.807) is 12.1 Å². The van der Waals surface area contributed by atoms with Gasteiger partial charge < -0.3 is 5.11 Å². The lowest BCUT2D eigenvalue weighted by molar-refractivity contribution is -0.120. The maximum atomic E-state index is 12.2. The van der Waals surface area contributed by atoms with Gasteiger partial charge in [0.2, 0.25) is 0 Å². The standard InChI is InChI=1S/C18H16ClNO2/c1-11-2-3-13-9-17(22)16(10-21)20-18(15(13)8-11)12-4-6-14(19)7-5-12/h2-8,16,21H,9-10H2,1H3/t16-/m0/s1. The monoisotopic (exact) mass is 313 g/mol. The van der Waals surface area contributed by atoms with E-state index in [1.807, 2.05) is 37.3 Å². The van der Waals surface area contributed by atoms with Gasteiger partial charge in [0.15, 0.2) is 5.78 Å². The number of Topliss-reactive ketones (excluding diaryl/α,β-unsaturated/α-hetero) is 1. The molecule has 1 atom stereocenters. The quantitative estimate of drug-likeness (QED) is 0.926. The molecule has 0 saturated heterocycles. The number of carbonyl (C=O) groups excluding carboxylic acids is 1. The van der Waals surface area contributed by atoms with Crippen molar-refractivity contribution in [1.29, 1.82) is 0 Å². The molecule has 0 radical (unpaired) electrons. The molecule has 0 bridgehead atoms. The Bertz CT molecular complexity index is 750. The third-order valence-corrected chi connectivity index (χ3v) is 4.08. The molecule has 0 fully saturated rings. The smallest absolute Gasteiger partial charge is 0.164 e. The van der Waals surface area contributed by atoms with Gasteiger partial charge in [0, 0.05) is 22.6 Å². The van der Waals surface area contributed by atoms with Crippen LogP contribution in [0.4, 0.5) is 0 Å². The predicted molar refractivity (Wildman–Crippen MR) is 87.9 cm³/mol. The van der Waals surface area contributed by atoms with Crippen LogP contribution >= 0.6 is 11.6 Å². The first-order valence-corrected chi connectivity index (χ1v) is 7.53. The van der Waals surface area contributed by atoms with Gasteiger partial charge in [0.05, 0.1) is 12.3 Å². The molecule has 0 saturated carbocycles. The lowest BCUT2D eigenvalue weighted by Crippen LogP contribution is -2.24. The van der Waals surface area contributed by atoms with Gasteiger partial charge in [0.1, 0.15) is 6.04 Å². The summed E-state index contributed by atoms with van der Waals surface area (Å²) in [5, 5.41) is 10.1. The largest absolute Gasteiger partial charge is 0.394 e. The van der Waals surface area contributed by atoms with Gasteiger partial charge in [0.25, 0.3) is 0 Å². The molecule has 0 aliphatic carbocycles. The van der Waals surface area contributed by atoms with E-state index in [2.05, 4.69) is 4.99 Å². The van der Waals surface area contributed by atoms with Crippen LogP contribution < -0.4 is 0 Å². The zero-order chi connectivity index (χ0) is 15.7. The summed E-state index contributed by atoms with van der Waals surface area (Å²) in [5.41, 5.74) is 4.63. The van der Waals surface area contributed by atoms with Crippen LogP contribution in [0, 0.1) is 6.92 Å². The second-order valence-electron chi connectivity index (χ2n) is 5.49. The number of rotatable bonds is 2. The van der Waals surface area contributed by atoms with Crippen molar-refractivity contribution in [3.63, 3.8) is 0 Å². The van der Waals surface area contributed by atoms with E-state index in [0.29, 0.717) is 11.4 Å². The zero-order valence-corrected chi connectivity index (χ0v) is 13.0. The highest BCUT2D eigenvalue weighted by Gasteiger charge is 2.25. The SMILES string of the molecule is Cc1ccc2c(c1)C(c1ccc(Cl)cc1)=N[C@@H](CO)C(=O)C2. The molecule has 3 nitrogen and oxygen atoms in total. The van der Waals surface area contributed by atoms with Crippen molar-refractivity contribution in [2.24, 2.45) is 4.99 Å². The zero-order valence-electron chi connectivity index (χ0n) is 12.2. The fourth-order valence-electron chi connectivity index (χ4n) is 2.65. The van der Waals surface area contributed by atoms with E-state index in [1.165, 1.54) is 0 Å². The summed E-state index contributed by atoms with van der Waals surface area (Å²) in [6, 6.07) is 12.7. The van der Waals surface area contributed by atoms with Crippen LogP contribution in [-0.4, -0.2) is 29.3 Å². The summed E-state index contributed by atoms with van der Waals surface area (Å²) in [6.07, 6.45) is 0.293. The molecule has 0 amide bonds. The van der Waals surface area contributed by atoms with Crippen LogP contribution in [0.3, 0.4) is 0 Å². The summed E-state index contributed by atoms with van der Waals surface area (Å²) < 4.78 is 0. The van der Waals surface area contributed by atoms with Crippen LogP contribution in [0.5, 0.6) is 0 Å². The van der Waals surface area contributed by atoms with E-state index >= 15 is 0 Å². The van der Waals surface area contributed by atoms with Crippen LogP contribution in [0.25, 0.3) is 0 Å². The van der Waals surface area contributed by atoms with Gasteiger partial charge in [-0.2, -0.15) is 0 Å². The molecule has 0 spiro atoms. The number of ketones is 1. The number of aryl methyl sites for hydroxylation is 1. The van der Waals surface area contributed by atoms with Crippen molar-refractivity contribution >= 4 is 23.1 Å². The molecule has 2 aromatic rings. The van der Waals surface area contributed by atoms with Crippen molar-refractivity contribution in [2.45, 2.75) is 19.4 Å². The third kappa shape index (κ3) is 2.82. The van der Waals surface area contributed by atoms with E-state index in [0.717, 1.165) is 28.0 Å². The molecule has 0 unspecified atom stereocenters. The first-order valence-electron chi connectivity index (χ1n) is 7.15. The minimum Gasteiger partial charge on any atom is -0.394 e. The van der Waals surface area contributed by atoms with Crippen molar-refractivity contribution in [1.82, 2.24) is 0 Å². The van der Waals surface area contributed by atoms with Crippen molar-refractivity contribution < 1.29 is 9.90 Å². The number of benzene rings is 2. The minimum absolute atomic E-state index is 0.0587. The number of carbonyl (C=O) groups is 1. The highest BCUT2D eigenvalue weighted by molar-refractivity contribution is 6.30. The highest BCUT2D eigenvalue weighted by atomic mass is 35.5. The Morgan fingerprint density at radius 2 is 1.95 bits per heavy atom. The average Bonchev–Trinajstić information content (AvgIpc) is 2.64. The summed E-state index contributed by atoms with van der Waals surface area (Å²) >= 11 is 5.95.